The number of nitrogens with one attached hydrogen (secondary N) is 1. The van der Waals surface area contributed by atoms with Crippen molar-refractivity contribution >= 4 is 28.9 Å². The minimum Gasteiger partial charge on any atom is -0.378 e. The van der Waals surface area contributed by atoms with Crippen LogP contribution in [0.4, 0.5) is 17.3 Å². The minimum absolute atomic E-state index is 0.563. The Labute approximate surface area is 192 Å². The lowest BCUT2D eigenvalue weighted by molar-refractivity contribution is 0.122. The Kier molecular flexibility index (Phi) is 6.01. The quantitative estimate of drug-likeness (QED) is 0.408. The predicted octanol–water partition coefficient (Wildman–Crippen LogP) is 6.04. The van der Waals surface area contributed by atoms with Crippen molar-refractivity contribution in [2.24, 2.45) is 0 Å². The zero-order valence-corrected chi connectivity index (χ0v) is 18.3. The van der Waals surface area contributed by atoms with Crippen molar-refractivity contribution < 1.29 is 4.74 Å². The SMILES string of the molecule is Clc1ccc(-c2ccccc2-c2ccnc(Nc3ccc(N4CCOCC4)cc3)n2)cc1. The van der Waals surface area contributed by atoms with E-state index < -0.39 is 0 Å². The molecule has 2 heterocycles. The van der Waals surface area contributed by atoms with Crippen molar-refractivity contribution in [3.8, 4) is 22.4 Å². The van der Waals surface area contributed by atoms with Crippen LogP contribution in [-0.4, -0.2) is 36.3 Å². The molecule has 1 fully saturated rings. The van der Waals surface area contributed by atoms with Gasteiger partial charge in [0, 0.05) is 41.2 Å². The molecule has 0 saturated carbocycles. The third kappa shape index (κ3) is 4.59. The van der Waals surface area contributed by atoms with Gasteiger partial charge in [0.1, 0.15) is 0 Å². The molecule has 0 atom stereocenters. The average molecular weight is 443 g/mol. The molecule has 4 aromatic rings. The van der Waals surface area contributed by atoms with Crippen LogP contribution in [0.5, 0.6) is 0 Å². The van der Waals surface area contributed by atoms with Crippen LogP contribution in [0, 0.1) is 0 Å². The van der Waals surface area contributed by atoms with E-state index in [9.17, 15) is 0 Å². The van der Waals surface area contributed by atoms with E-state index in [4.69, 9.17) is 21.3 Å². The van der Waals surface area contributed by atoms with E-state index in [0.717, 1.165) is 59.4 Å². The molecular formula is C26H23ClN4O. The summed E-state index contributed by atoms with van der Waals surface area (Å²) in [6.07, 6.45) is 1.78. The Morgan fingerprint density at radius 3 is 2.28 bits per heavy atom. The molecule has 1 aliphatic rings. The Hall–Kier alpha value is -3.41. The average Bonchev–Trinajstić information content (AvgIpc) is 2.86. The molecule has 1 N–H and O–H groups in total. The van der Waals surface area contributed by atoms with Crippen molar-refractivity contribution in [3.63, 3.8) is 0 Å². The molecule has 160 valence electrons. The van der Waals surface area contributed by atoms with Gasteiger partial charge in [-0.1, -0.05) is 48.0 Å². The maximum atomic E-state index is 6.07. The van der Waals surface area contributed by atoms with E-state index in [0.29, 0.717) is 5.95 Å². The van der Waals surface area contributed by atoms with Gasteiger partial charge in [0.25, 0.3) is 0 Å². The molecule has 0 aliphatic carbocycles. The second-order valence-corrected chi connectivity index (χ2v) is 8.03. The van der Waals surface area contributed by atoms with E-state index >= 15 is 0 Å². The first-order valence-electron chi connectivity index (χ1n) is 10.6. The van der Waals surface area contributed by atoms with Crippen LogP contribution in [0.2, 0.25) is 5.02 Å². The predicted molar refractivity (Wildman–Crippen MR) is 131 cm³/mol. The molecule has 1 saturated heterocycles. The second kappa shape index (κ2) is 9.39. The molecule has 0 unspecified atom stereocenters. The molecular weight excluding hydrogens is 420 g/mol. The van der Waals surface area contributed by atoms with Crippen LogP contribution in [0.25, 0.3) is 22.4 Å². The zero-order chi connectivity index (χ0) is 21.8. The summed E-state index contributed by atoms with van der Waals surface area (Å²) >= 11 is 6.07. The van der Waals surface area contributed by atoms with Gasteiger partial charge in [0.05, 0.1) is 18.9 Å². The lowest BCUT2D eigenvalue weighted by atomic mass is 9.97. The summed E-state index contributed by atoms with van der Waals surface area (Å²) in [6.45, 7) is 3.40. The molecule has 0 bridgehead atoms. The van der Waals surface area contributed by atoms with Gasteiger partial charge >= 0.3 is 0 Å². The normalized spacial score (nSPS) is 13.7. The molecule has 3 aromatic carbocycles. The van der Waals surface area contributed by atoms with Crippen LogP contribution in [0.1, 0.15) is 0 Å². The van der Waals surface area contributed by atoms with Gasteiger partial charge in [-0.25, -0.2) is 9.97 Å². The van der Waals surface area contributed by atoms with Crippen molar-refractivity contribution in [1.82, 2.24) is 9.97 Å². The number of morpholine rings is 1. The third-order valence-corrected chi connectivity index (χ3v) is 5.77. The fourth-order valence-electron chi connectivity index (χ4n) is 3.86. The zero-order valence-electron chi connectivity index (χ0n) is 17.5. The first-order chi connectivity index (χ1) is 15.8. The number of hydrogen-bond acceptors (Lipinski definition) is 5. The molecule has 5 nitrogen and oxygen atoms in total. The molecule has 0 spiro atoms. The van der Waals surface area contributed by atoms with E-state index in [-0.39, 0.29) is 0 Å². The van der Waals surface area contributed by atoms with Gasteiger partial charge < -0.3 is 15.0 Å². The number of hydrogen-bond donors (Lipinski definition) is 1. The first-order valence-corrected chi connectivity index (χ1v) is 11.0. The largest absolute Gasteiger partial charge is 0.378 e. The van der Waals surface area contributed by atoms with E-state index in [1.54, 1.807) is 6.20 Å². The summed E-state index contributed by atoms with van der Waals surface area (Å²) < 4.78 is 5.44. The van der Waals surface area contributed by atoms with E-state index in [2.05, 4.69) is 51.6 Å². The smallest absolute Gasteiger partial charge is 0.227 e. The van der Waals surface area contributed by atoms with Gasteiger partial charge in [0.2, 0.25) is 5.95 Å². The fourth-order valence-corrected chi connectivity index (χ4v) is 3.99. The standard InChI is InChI=1S/C26H23ClN4O/c27-20-7-5-19(6-8-20)23-3-1-2-4-24(23)25-13-14-28-26(30-25)29-21-9-11-22(12-10-21)31-15-17-32-18-16-31/h1-14H,15-18H2,(H,28,29,30). The van der Waals surface area contributed by atoms with Crippen LogP contribution in [0.3, 0.4) is 0 Å². The van der Waals surface area contributed by atoms with Gasteiger partial charge in [-0.3, -0.25) is 0 Å². The Bertz CT molecular complexity index is 1190. The summed E-state index contributed by atoms with van der Waals surface area (Å²) in [5.74, 6) is 0.563. The minimum atomic E-state index is 0.563. The summed E-state index contributed by atoms with van der Waals surface area (Å²) in [5, 5.41) is 4.05. The highest BCUT2D eigenvalue weighted by molar-refractivity contribution is 6.30. The molecule has 1 aromatic heterocycles. The highest BCUT2D eigenvalue weighted by Gasteiger charge is 2.12. The maximum absolute atomic E-state index is 6.07. The summed E-state index contributed by atoms with van der Waals surface area (Å²) in [7, 11) is 0. The summed E-state index contributed by atoms with van der Waals surface area (Å²) in [4.78, 5) is 11.5. The summed E-state index contributed by atoms with van der Waals surface area (Å²) in [6, 6.07) is 26.4. The Morgan fingerprint density at radius 1 is 0.812 bits per heavy atom. The number of halogens is 1. The van der Waals surface area contributed by atoms with Gasteiger partial charge in [0.15, 0.2) is 0 Å². The number of nitrogens with zero attached hydrogens (tertiary/aromatic N) is 3. The van der Waals surface area contributed by atoms with Crippen LogP contribution < -0.4 is 10.2 Å². The van der Waals surface area contributed by atoms with E-state index in [1.807, 2.05) is 42.5 Å². The lowest BCUT2D eigenvalue weighted by Gasteiger charge is -2.28. The lowest BCUT2D eigenvalue weighted by Crippen LogP contribution is -2.36. The number of benzene rings is 3. The van der Waals surface area contributed by atoms with E-state index in [1.165, 1.54) is 5.69 Å². The number of aromatic nitrogens is 2. The van der Waals surface area contributed by atoms with Gasteiger partial charge in [-0.05, 0) is 53.6 Å². The van der Waals surface area contributed by atoms with Gasteiger partial charge in [-0.2, -0.15) is 0 Å². The van der Waals surface area contributed by atoms with Crippen LogP contribution >= 0.6 is 11.6 Å². The highest BCUT2D eigenvalue weighted by Crippen LogP contribution is 2.32. The van der Waals surface area contributed by atoms with Gasteiger partial charge in [-0.15, -0.1) is 0 Å². The topological polar surface area (TPSA) is 50.3 Å². The third-order valence-electron chi connectivity index (χ3n) is 5.51. The van der Waals surface area contributed by atoms with Crippen molar-refractivity contribution in [1.29, 1.82) is 0 Å². The Balaban J connectivity index is 1.38. The molecule has 5 rings (SSSR count). The van der Waals surface area contributed by atoms with Crippen LogP contribution in [0.15, 0.2) is 85.1 Å². The van der Waals surface area contributed by atoms with Crippen molar-refractivity contribution in [2.75, 3.05) is 36.5 Å². The van der Waals surface area contributed by atoms with Crippen molar-refractivity contribution in [2.45, 2.75) is 0 Å². The molecule has 0 amide bonds. The van der Waals surface area contributed by atoms with Crippen LogP contribution in [-0.2, 0) is 4.74 Å². The number of ether oxygens (including phenoxy) is 1. The first kappa shape index (κ1) is 20.5. The molecule has 1 aliphatic heterocycles. The molecule has 0 radical (unpaired) electrons. The Morgan fingerprint density at radius 2 is 1.53 bits per heavy atom. The maximum Gasteiger partial charge on any atom is 0.227 e. The fraction of sp³-hybridized carbons (Fsp3) is 0.154. The number of rotatable bonds is 5. The second-order valence-electron chi connectivity index (χ2n) is 7.59. The van der Waals surface area contributed by atoms with Crippen molar-refractivity contribution in [3.05, 3.63) is 90.1 Å². The highest BCUT2D eigenvalue weighted by atomic mass is 35.5. The monoisotopic (exact) mass is 442 g/mol. The summed E-state index contributed by atoms with van der Waals surface area (Å²) in [5.41, 5.74) is 6.25. The molecule has 32 heavy (non-hydrogen) atoms. The number of anilines is 3. The molecule has 6 heteroatoms.